The van der Waals surface area contributed by atoms with Gasteiger partial charge in [0.1, 0.15) is 0 Å². The van der Waals surface area contributed by atoms with Crippen molar-refractivity contribution in [2.75, 3.05) is 31.9 Å². The van der Waals surface area contributed by atoms with Crippen LogP contribution < -0.4 is 0 Å². The normalized spacial score (nSPS) is 20.5. The summed E-state index contributed by atoms with van der Waals surface area (Å²) in [6.45, 7) is 6.31. The molecule has 0 aromatic carbocycles. The highest BCUT2D eigenvalue weighted by molar-refractivity contribution is 7.89. The summed E-state index contributed by atoms with van der Waals surface area (Å²) in [7, 11) is -3.08. The summed E-state index contributed by atoms with van der Waals surface area (Å²) < 4.78 is 25.4. The van der Waals surface area contributed by atoms with E-state index in [1.807, 2.05) is 6.92 Å². The van der Waals surface area contributed by atoms with Crippen LogP contribution in [-0.2, 0) is 10.0 Å². The zero-order valence-electron chi connectivity index (χ0n) is 11.3. The van der Waals surface area contributed by atoms with Gasteiger partial charge in [-0.2, -0.15) is 9.57 Å². The lowest BCUT2D eigenvalue weighted by Crippen LogP contribution is -2.52. The van der Waals surface area contributed by atoms with E-state index in [1.165, 1.54) is 0 Å². The molecule has 6 heteroatoms. The molecule has 0 N–H and O–H groups in total. The summed E-state index contributed by atoms with van der Waals surface area (Å²) in [5.74, 6) is 0.226. The highest BCUT2D eigenvalue weighted by Gasteiger charge is 2.28. The van der Waals surface area contributed by atoms with E-state index in [9.17, 15) is 8.42 Å². The van der Waals surface area contributed by atoms with Crippen molar-refractivity contribution in [3.05, 3.63) is 0 Å². The van der Waals surface area contributed by atoms with Crippen molar-refractivity contribution in [2.45, 2.75) is 39.2 Å². The molecule has 0 bridgehead atoms. The number of piperazine rings is 1. The van der Waals surface area contributed by atoms with Crippen molar-refractivity contribution in [2.24, 2.45) is 0 Å². The maximum Gasteiger partial charge on any atom is 0.214 e. The second-order valence-electron chi connectivity index (χ2n) is 4.68. The molecule has 5 nitrogen and oxygen atoms in total. The van der Waals surface area contributed by atoms with Crippen molar-refractivity contribution in [1.29, 1.82) is 5.26 Å². The average molecular weight is 273 g/mol. The molecule has 0 spiro atoms. The van der Waals surface area contributed by atoms with Crippen molar-refractivity contribution in [1.82, 2.24) is 9.21 Å². The smallest absolute Gasteiger partial charge is 0.214 e. The maximum atomic E-state index is 11.9. The van der Waals surface area contributed by atoms with Crippen LogP contribution in [0.1, 0.15) is 33.1 Å². The van der Waals surface area contributed by atoms with Crippen LogP contribution in [-0.4, -0.2) is 55.6 Å². The Morgan fingerprint density at radius 2 is 1.78 bits per heavy atom. The SMILES string of the molecule is CCCC(C#N)N1CCN(S(=O)(=O)CCC)CC1. The van der Waals surface area contributed by atoms with Crippen LogP contribution in [0.2, 0.25) is 0 Å². The lowest BCUT2D eigenvalue weighted by atomic mass is 10.1. The molecule has 0 amide bonds. The molecular formula is C12H23N3O2S. The largest absolute Gasteiger partial charge is 0.285 e. The standard InChI is InChI=1S/C12H23N3O2S/c1-3-5-12(11-13)14-6-8-15(9-7-14)18(16,17)10-4-2/h12H,3-10H2,1-2H3. The van der Waals surface area contributed by atoms with Crippen molar-refractivity contribution in [3.8, 4) is 6.07 Å². The van der Waals surface area contributed by atoms with Crippen LogP contribution >= 0.6 is 0 Å². The second kappa shape index (κ2) is 7.07. The number of hydrogen-bond acceptors (Lipinski definition) is 4. The quantitative estimate of drug-likeness (QED) is 0.725. The predicted octanol–water partition coefficient (Wildman–Crippen LogP) is 1.04. The molecule has 1 aliphatic rings. The van der Waals surface area contributed by atoms with Crippen LogP contribution in [0.25, 0.3) is 0 Å². The Hall–Kier alpha value is -0.640. The van der Waals surface area contributed by atoms with E-state index in [1.54, 1.807) is 4.31 Å². The van der Waals surface area contributed by atoms with Crippen LogP contribution in [0.15, 0.2) is 0 Å². The molecule has 0 radical (unpaired) electrons. The van der Waals surface area contributed by atoms with Gasteiger partial charge >= 0.3 is 0 Å². The first-order chi connectivity index (χ1) is 8.55. The Labute approximate surface area is 110 Å². The minimum atomic E-state index is -3.08. The summed E-state index contributed by atoms with van der Waals surface area (Å²) >= 11 is 0. The first kappa shape index (κ1) is 15.4. The van der Waals surface area contributed by atoms with E-state index in [2.05, 4.69) is 17.9 Å². The molecule has 1 aliphatic heterocycles. The van der Waals surface area contributed by atoms with E-state index >= 15 is 0 Å². The molecule has 0 saturated carbocycles. The zero-order valence-corrected chi connectivity index (χ0v) is 12.1. The number of sulfonamides is 1. The van der Waals surface area contributed by atoms with Gasteiger partial charge in [0.2, 0.25) is 10.0 Å². The fraction of sp³-hybridized carbons (Fsp3) is 0.917. The molecule has 104 valence electrons. The number of rotatable bonds is 6. The van der Waals surface area contributed by atoms with E-state index in [-0.39, 0.29) is 11.8 Å². The Kier molecular flexibility index (Phi) is 6.06. The molecule has 1 rings (SSSR count). The summed E-state index contributed by atoms with van der Waals surface area (Å²) in [5, 5.41) is 9.10. The third-order valence-corrected chi connectivity index (χ3v) is 5.36. The molecular weight excluding hydrogens is 250 g/mol. The lowest BCUT2D eigenvalue weighted by Gasteiger charge is -2.36. The number of nitriles is 1. The van der Waals surface area contributed by atoms with Gasteiger partial charge in [-0.05, 0) is 12.8 Å². The first-order valence-corrected chi connectivity index (χ1v) is 8.27. The molecule has 0 aromatic heterocycles. The molecule has 18 heavy (non-hydrogen) atoms. The highest BCUT2D eigenvalue weighted by Crippen LogP contribution is 2.13. The molecule has 1 heterocycles. The number of nitrogens with zero attached hydrogens (tertiary/aromatic N) is 3. The third kappa shape index (κ3) is 3.94. The summed E-state index contributed by atoms with van der Waals surface area (Å²) in [5.41, 5.74) is 0. The van der Waals surface area contributed by atoms with Crippen LogP contribution in [0.3, 0.4) is 0 Å². The molecule has 1 unspecified atom stereocenters. The second-order valence-corrected chi connectivity index (χ2v) is 6.77. The monoisotopic (exact) mass is 273 g/mol. The summed E-state index contributed by atoms with van der Waals surface area (Å²) in [6.07, 6.45) is 2.49. The van der Waals surface area contributed by atoms with E-state index < -0.39 is 10.0 Å². The van der Waals surface area contributed by atoms with Crippen molar-refractivity contribution >= 4 is 10.0 Å². The predicted molar refractivity (Wildman–Crippen MR) is 71.5 cm³/mol. The average Bonchev–Trinajstić information content (AvgIpc) is 2.36. The van der Waals surface area contributed by atoms with Gasteiger partial charge in [0, 0.05) is 26.2 Å². The van der Waals surface area contributed by atoms with E-state index in [0.29, 0.717) is 32.6 Å². The van der Waals surface area contributed by atoms with Crippen LogP contribution in [0.5, 0.6) is 0 Å². The van der Waals surface area contributed by atoms with Crippen LogP contribution in [0.4, 0.5) is 0 Å². The fourth-order valence-corrected chi connectivity index (χ4v) is 3.78. The topological polar surface area (TPSA) is 64.4 Å². The molecule has 1 saturated heterocycles. The minimum absolute atomic E-state index is 0.0639. The van der Waals surface area contributed by atoms with Gasteiger partial charge in [0.25, 0.3) is 0 Å². The van der Waals surface area contributed by atoms with Crippen molar-refractivity contribution < 1.29 is 8.42 Å². The maximum absolute atomic E-state index is 11.9. The fourth-order valence-electron chi connectivity index (χ4n) is 2.28. The van der Waals surface area contributed by atoms with E-state index in [0.717, 1.165) is 12.8 Å². The van der Waals surface area contributed by atoms with Gasteiger partial charge in [-0.1, -0.05) is 20.3 Å². The first-order valence-electron chi connectivity index (χ1n) is 6.66. The van der Waals surface area contributed by atoms with Gasteiger partial charge < -0.3 is 0 Å². The van der Waals surface area contributed by atoms with Gasteiger partial charge in [0.05, 0.1) is 17.9 Å². The molecule has 0 aromatic rings. The Balaban J connectivity index is 2.53. The van der Waals surface area contributed by atoms with Gasteiger partial charge in [-0.15, -0.1) is 0 Å². The Bertz CT molecular complexity index is 381. The number of hydrogen-bond donors (Lipinski definition) is 0. The lowest BCUT2D eigenvalue weighted by molar-refractivity contribution is 0.156. The highest BCUT2D eigenvalue weighted by atomic mass is 32.2. The van der Waals surface area contributed by atoms with Crippen molar-refractivity contribution in [3.63, 3.8) is 0 Å². The van der Waals surface area contributed by atoms with Gasteiger partial charge in [-0.25, -0.2) is 8.42 Å². The van der Waals surface area contributed by atoms with Crippen LogP contribution in [0, 0.1) is 11.3 Å². The van der Waals surface area contributed by atoms with E-state index in [4.69, 9.17) is 5.26 Å². The Morgan fingerprint density at radius 3 is 2.22 bits per heavy atom. The molecule has 1 atom stereocenters. The summed E-state index contributed by atoms with van der Waals surface area (Å²) in [6, 6.07) is 2.25. The van der Waals surface area contributed by atoms with Gasteiger partial charge in [0.15, 0.2) is 0 Å². The molecule has 0 aliphatic carbocycles. The zero-order chi connectivity index (χ0) is 13.6. The minimum Gasteiger partial charge on any atom is -0.285 e. The third-order valence-electron chi connectivity index (χ3n) is 3.28. The van der Waals surface area contributed by atoms with Gasteiger partial charge in [-0.3, -0.25) is 4.90 Å². The Morgan fingerprint density at radius 1 is 1.17 bits per heavy atom. The summed E-state index contributed by atoms with van der Waals surface area (Å²) in [4.78, 5) is 2.10. The molecule has 1 fully saturated rings.